The molecule has 1 N–H and O–H groups in total. The summed E-state index contributed by atoms with van der Waals surface area (Å²) in [5, 5.41) is 0.167. The second-order valence-electron chi connectivity index (χ2n) is 3.85. The summed E-state index contributed by atoms with van der Waals surface area (Å²) in [5.41, 5.74) is 0. The van der Waals surface area contributed by atoms with Crippen molar-refractivity contribution in [3.05, 3.63) is 35.7 Å². The molecule has 0 spiro atoms. The van der Waals surface area contributed by atoms with Crippen LogP contribution >= 0.6 is 11.6 Å². The van der Waals surface area contributed by atoms with Crippen LogP contribution in [0, 0.1) is 0 Å². The van der Waals surface area contributed by atoms with E-state index in [1.165, 1.54) is 44.8 Å². The van der Waals surface area contributed by atoms with Crippen LogP contribution in [-0.2, 0) is 10.0 Å². The molecule has 0 aliphatic heterocycles. The van der Waals surface area contributed by atoms with Gasteiger partial charge in [-0.25, -0.2) is 18.4 Å². The third kappa shape index (κ3) is 3.53. The van der Waals surface area contributed by atoms with Crippen molar-refractivity contribution in [2.45, 2.75) is 4.90 Å². The Morgan fingerprint density at radius 1 is 1.14 bits per heavy atom. The molecule has 1 aromatic heterocycles. The average Bonchev–Trinajstić information content (AvgIpc) is 2.48. The van der Waals surface area contributed by atoms with E-state index >= 15 is 0 Å². The number of nitrogens with zero attached hydrogens (tertiary/aromatic N) is 2. The molecular formula is C12H12ClN3O4S. The summed E-state index contributed by atoms with van der Waals surface area (Å²) in [6.07, 6.45) is 2.46. The Labute approximate surface area is 126 Å². The Kier molecular flexibility index (Phi) is 4.49. The number of ether oxygens (including phenoxy) is 2. The number of hydrogen-bond acceptors (Lipinski definition) is 6. The smallest absolute Gasteiger partial charge is 0.266 e. The van der Waals surface area contributed by atoms with Gasteiger partial charge in [-0.2, -0.15) is 0 Å². The highest BCUT2D eigenvalue weighted by molar-refractivity contribution is 7.92. The number of aromatic nitrogens is 2. The van der Waals surface area contributed by atoms with E-state index in [2.05, 4.69) is 14.7 Å². The fraction of sp³-hybridized carbons (Fsp3) is 0.167. The molecule has 1 aromatic carbocycles. The Balaban J connectivity index is 2.37. The van der Waals surface area contributed by atoms with Crippen LogP contribution in [0.15, 0.2) is 35.5 Å². The zero-order chi connectivity index (χ0) is 15.5. The highest BCUT2D eigenvalue weighted by atomic mass is 35.5. The molecule has 21 heavy (non-hydrogen) atoms. The number of methoxy groups -OCH3 is 2. The van der Waals surface area contributed by atoms with Crippen LogP contribution in [-0.4, -0.2) is 32.6 Å². The van der Waals surface area contributed by atoms with Crippen LogP contribution in [0.3, 0.4) is 0 Å². The van der Waals surface area contributed by atoms with Gasteiger partial charge in [0.05, 0.1) is 26.6 Å². The van der Waals surface area contributed by atoms with Crippen LogP contribution in [0.1, 0.15) is 0 Å². The van der Waals surface area contributed by atoms with Gasteiger partial charge in [0.2, 0.25) is 0 Å². The van der Waals surface area contributed by atoms with Gasteiger partial charge in [-0.15, -0.1) is 0 Å². The molecule has 0 amide bonds. The molecule has 7 nitrogen and oxygen atoms in total. The number of halogens is 1. The van der Waals surface area contributed by atoms with E-state index in [1.807, 2.05) is 0 Å². The van der Waals surface area contributed by atoms with Gasteiger partial charge in [-0.3, -0.25) is 4.72 Å². The predicted molar refractivity (Wildman–Crippen MR) is 77.4 cm³/mol. The predicted octanol–water partition coefficient (Wildman–Crippen LogP) is 1.95. The summed E-state index contributed by atoms with van der Waals surface area (Å²) in [7, 11) is -1.02. The number of rotatable bonds is 5. The Morgan fingerprint density at radius 3 is 2.48 bits per heavy atom. The zero-order valence-electron chi connectivity index (χ0n) is 11.2. The van der Waals surface area contributed by atoms with Gasteiger partial charge in [-0.1, -0.05) is 11.6 Å². The van der Waals surface area contributed by atoms with Gasteiger partial charge in [0, 0.05) is 6.07 Å². The second kappa shape index (κ2) is 6.15. The standard InChI is InChI=1S/C12H12ClN3O4S/c1-19-8-3-4-10(9(5-8)20-2)21(17,18)16-12-7-14-11(13)6-15-12/h3-7H,1-2H3,(H,15,16). The zero-order valence-corrected chi connectivity index (χ0v) is 12.8. The lowest BCUT2D eigenvalue weighted by Crippen LogP contribution is -2.15. The first kappa shape index (κ1) is 15.3. The van der Waals surface area contributed by atoms with Gasteiger partial charge < -0.3 is 9.47 Å². The van der Waals surface area contributed by atoms with E-state index in [-0.39, 0.29) is 21.6 Å². The molecule has 0 aliphatic carbocycles. The fourth-order valence-corrected chi connectivity index (χ4v) is 2.80. The normalized spacial score (nSPS) is 11.0. The molecule has 0 radical (unpaired) electrons. The molecular weight excluding hydrogens is 318 g/mol. The number of sulfonamides is 1. The molecule has 2 rings (SSSR count). The maximum absolute atomic E-state index is 12.3. The molecule has 0 unspecified atom stereocenters. The molecule has 0 atom stereocenters. The van der Waals surface area contributed by atoms with Gasteiger partial charge in [0.25, 0.3) is 10.0 Å². The largest absolute Gasteiger partial charge is 0.497 e. The maximum Gasteiger partial charge on any atom is 0.266 e. The first-order valence-corrected chi connectivity index (χ1v) is 7.55. The molecule has 0 saturated carbocycles. The number of benzene rings is 1. The highest BCUT2D eigenvalue weighted by Gasteiger charge is 2.20. The van der Waals surface area contributed by atoms with E-state index in [1.54, 1.807) is 0 Å². The van der Waals surface area contributed by atoms with Crippen molar-refractivity contribution in [2.75, 3.05) is 18.9 Å². The summed E-state index contributed by atoms with van der Waals surface area (Å²) in [4.78, 5) is 7.54. The lowest BCUT2D eigenvalue weighted by molar-refractivity contribution is 0.386. The third-order valence-corrected chi connectivity index (χ3v) is 4.11. The van der Waals surface area contributed by atoms with Crippen LogP contribution in [0.5, 0.6) is 11.5 Å². The average molecular weight is 330 g/mol. The molecule has 112 valence electrons. The maximum atomic E-state index is 12.3. The first-order chi connectivity index (χ1) is 9.96. The van der Waals surface area contributed by atoms with Crippen molar-refractivity contribution in [2.24, 2.45) is 0 Å². The molecule has 0 aliphatic rings. The highest BCUT2D eigenvalue weighted by Crippen LogP contribution is 2.29. The van der Waals surface area contributed by atoms with Crippen LogP contribution < -0.4 is 14.2 Å². The fourth-order valence-electron chi connectivity index (χ4n) is 1.55. The Bertz CT molecular complexity index is 735. The minimum Gasteiger partial charge on any atom is -0.497 e. The first-order valence-electron chi connectivity index (χ1n) is 5.68. The SMILES string of the molecule is COc1ccc(S(=O)(=O)Nc2cnc(Cl)cn2)c(OC)c1. The third-order valence-electron chi connectivity index (χ3n) is 2.52. The van der Waals surface area contributed by atoms with E-state index in [0.29, 0.717) is 5.75 Å². The number of anilines is 1. The second-order valence-corrected chi connectivity index (χ2v) is 5.88. The molecule has 0 fully saturated rings. The molecule has 1 heterocycles. The topological polar surface area (TPSA) is 90.4 Å². The monoisotopic (exact) mass is 329 g/mol. The van der Waals surface area contributed by atoms with Crippen molar-refractivity contribution in [3.8, 4) is 11.5 Å². The quantitative estimate of drug-likeness (QED) is 0.901. The minimum absolute atomic E-state index is 0.0393. The number of nitrogens with one attached hydrogen (secondary N) is 1. The lowest BCUT2D eigenvalue weighted by atomic mass is 10.3. The van der Waals surface area contributed by atoms with Crippen molar-refractivity contribution < 1.29 is 17.9 Å². The molecule has 0 saturated heterocycles. The van der Waals surface area contributed by atoms with E-state index < -0.39 is 10.0 Å². The molecule has 2 aromatic rings. The molecule has 0 bridgehead atoms. The molecule has 9 heteroatoms. The summed E-state index contributed by atoms with van der Waals surface area (Å²) < 4.78 is 37.1. The Hall–Kier alpha value is -2.06. The summed E-state index contributed by atoms with van der Waals surface area (Å²) in [6.45, 7) is 0. The van der Waals surface area contributed by atoms with Crippen LogP contribution in [0.2, 0.25) is 5.15 Å². The van der Waals surface area contributed by atoms with Crippen LogP contribution in [0.25, 0.3) is 0 Å². The van der Waals surface area contributed by atoms with Crippen molar-refractivity contribution in [1.82, 2.24) is 9.97 Å². The summed E-state index contributed by atoms with van der Waals surface area (Å²) in [6, 6.07) is 4.37. The van der Waals surface area contributed by atoms with Gasteiger partial charge in [0.15, 0.2) is 5.82 Å². The van der Waals surface area contributed by atoms with Crippen molar-refractivity contribution in [3.63, 3.8) is 0 Å². The Morgan fingerprint density at radius 2 is 1.90 bits per heavy atom. The van der Waals surface area contributed by atoms with Crippen molar-refractivity contribution in [1.29, 1.82) is 0 Å². The summed E-state index contributed by atoms with van der Waals surface area (Å²) >= 11 is 5.60. The van der Waals surface area contributed by atoms with E-state index in [4.69, 9.17) is 21.1 Å². The van der Waals surface area contributed by atoms with Crippen LogP contribution in [0.4, 0.5) is 5.82 Å². The summed E-state index contributed by atoms with van der Waals surface area (Å²) in [5.74, 6) is 0.693. The van der Waals surface area contributed by atoms with E-state index in [9.17, 15) is 8.42 Å². The van der Waals surface area contributed by atoms with E-state index in [0.717, 1.165) is 0 Å². The van der Waals surface area contributed by atoms with Gasteiger partial charge in [-0.05, 0) is 12.1 Å². The van der Waals surface area contributed by atoms with Gasteiger partial charge >= 0.3 is 0 Å². The minimum atomic E-state index is -3.87. The number of hydrogen-bond donors (Lipinski definition) is 1. The lowest BCUT2D eigenvalue weighted by Gasteiger charge is -2.12. The van der Waals surface area contributed by atoms with Gasteiger partial charge in [0.1, 0.15) is 21.5 Å². The van der Waals surface area contributed by atoms with Crippen molar-refractivity contribution >= 4 is 27.4 Å².